The molecule has 0 atom stereocenters. The molecular weight excluding hydrogens is 202 g/mol. The zero-order chi connectivity index (χ0) is 12.3. The summed E-state index contributed by atoms with van der Waals surface area (Å²) in [5.74, 6) is 0.678. The highest BCUT2D eigenvalue weighted by molar-refractivity contribution is 5.96. The molecular formula is C13H19NO2. The Hall–Kier alpha value is -1.51. The molecule has 0 aliphatic carbocycles. The third-order valence-electron chi connectivity index (χ3n) is 2.37. The van der Waals surface area contributed by atoms with Crippen LogP contribution in [0.4, 0.5) is 5.69 Å². The van der Waals surface area contributed by atoms with Crippen LogP contribution in [0.5, 0.6) is 5.75 Å². The van der Waals surface area contributed by atoms with Gasteiger partial charge in [0.15, 0.2) is 0 Å². The lowest BCUT2D eigenvalue weighted by atomic mass is 9.95. The molecule has 1 amide bonds. The molecule has 16 heavy (non-hydrogen) atoms. The van der Waals surface area contributed by atoms with E-state index in [1.165, 1.54) is 0 Å². The number of aryl methyl sites for hydroxylation is 1. The van der Waals surface area contributed by atoms with Crippen molar-refractivity contribution >= 4 is 11.6 Å². The number of benzene rings is 1. The van der Waals surface area contributed by atoms with Crippen molar-refractivity contribution in [3.8, 4) is 5.75 Å². The van der Waals surface area contributed by atoms with Crippen LogP contribution in [-0.2, 0) is 4.79 Å². The van der Waals surface area contributed by atoms with Crippen molar-refractivity contribution in [2.45, 2.75) is 27.7 Å². The monoisotopic (exact) mass is 221 g/mol. The van der Waals surface area contributed by atoms with Gasteiger partial charge < -0.3 is 10.1 Å². The van der Waals surface area contributed by atoms with Gasteiger partial charge in [-0.1, -0.05) is 32.9 Å². The summed E-state index contributed by atoms with van der Waals surface area (Å²) in [6, 6.07) is 5.69. The van der Waals surface area contributed by atoms with Crippen LogP contribution in [0.1, 0.15) is 26.3 Å². The molecule has 0 heterocycles. The normalized spacial score (nSPS) is 11.1. The fraction of sp³-hybridized carbons (Fsp3) is 0.462. The van der Waals surface area contributed by atoms with Gasteiger partial charge in [-0.3, -0.25) is 4.79 Å². The molecule has 0 aliphatic heterocycles. The van der Waals surface area contributed by atoms with Crippen LogP contribution in [0, 0.1) is 12.3 Å². The topological polar surface area (TPSA) is 38.3 Å². The molecule has 0 unspecified atom stereocenters. The van der Waals surface area contributed by atoms with E-state index >= 15 is 0 Å². The van der Waals surface area contributed by atoms with E-state index in [1.807, 2.05) is 45.9 Å². The van der Waals surface area contributed by atoms with Gasteiger partial charge >= 0.3 is 0 Å². The Balaban J connectivity index is 3.01. The second-order valence-electron chi connectivity index (χ2n) is 4.86. The maximum atomic E-state index is 11.9. The molecule has 0 aliphatic rings. The third kappa shape index (κ3) is 2.75. The van der Waals surface area contributed by atoms with Crippen molar-refractivity contribution < 1.29 is 9.53 Å². The van der Waals surface area contributed by atoms with Crippen LogP contribution in [0.3, 0.4) is 0 Å². The molecule has 1 N–H and O–H groups in total. The number of carbonyl (C=O) groups excluding carboxylic acids is 1. The van der Waals surface area contributed by atoms with E-state index in [-0.39, 0.29) is 5.91 Å². The molecule has 88 valence electrons. The number of rotatable bonds is 2. The molecule has 1 aromatic carbocycles. The predicted molar refractivity (Wildman–Crippen MR) is 65.8 cm³/mol. The number of amides is 1. The summed E-state index contributed by atoms with van der Waals surface area (Å²) in [6.07, 6.45) is 0. The molecule has 0 fully saturated rings. The Kier molecular flexibility index (Phi) is 3.58. The number of para-hydroxylation sites is 1. The lowest BCUT2D eigenvalue weighted by Crippen LogP contribution is -2.28. The second kappa shape index (κ2) is 4.56. The summed E-state index contributed by atoms with van der Waals surface area (Å²) in [5.41, 5.74) is 1.34. The van der Waals surface area contributed by atoms with Crippen molar-refractivity contribution in [1.82, 2.24) is 0 Å². The highest BCUT2D eigenvalue weighted by Gasteiger charge is 2.22. The zero-order valence-electron chi connectivity index (χ0n) is 10.5. The van der Waals surface area contributed by atoms with Gasteiger partial charge in [0.25, 0.3) is 0 Å². The van der Waals surface area contributed by atoms with Crippen LogP contribution >= 0.6 is 0 Å². The third-order valence-corrected chi connectivity index (χ3v) is 2.37. The van der Waals surface area contributed by atoms with Crippen molar-refractivity contribution in [2.24, 2.45) is 5.41 Å². The molecule has 3 heteroatoms. The highest BCUT2D eigenvalue weighted by atomic mass is 16.5. The largest absolute Gasteiger partial charge is 0.495 e. The minimum atomic E-state index is -0.409. The average molecular weight is 221 g/mol. The Bertz CT molecular complexity index is 391. The number of hydrogen-bond acceptors (Lipinski definition) is 2. The Morgan fingerprint density at radius 1 is 1.31 bits per heavy atom. The molecule has 0 bridgehead atoms. The van der Waals surface area contributed by atoms with E-state index in [0.29, 0.717) is 5.75 Å². The van der Waals surface area contributed by atoms with Gasteiger partial charge in [-0.15, -0.1) is 0 Å². The lowest BCUT2D eigenvalue weighted by Gasteiger charge is -2.20. The van der Waals surface area contributed by atoms with Gasteiger partial charge in [0.1, 0.15) is 5.75 Å². The van der Waals surface area contributed by atoms with E-state index in [1.54, 1.807) is 7.11 Å². The second-order valence-corrected chi connectivity index (χ2v) is 4.86. The van der Waals surface area contributed by atoms with Crippen LogP contribution in [0.25, 0.3) is 0 Å². The minimum Gasteiger partial charge on any atom is -0.495 e. The SMILES string of the molecule is COc1cccc(C)c1NC(=O)C(C)(C)C. The van der Waals surface area contributed by atoms with E-state index in [4.69, 9.17) is 4.74 Å². The molecule has 0 aromatic heterocycles. The Morgan fingerprint density at radius 2 is 1.94 bits per heavy atom. The minimum absolute atomic E-state index is 0.0138. The molecule has 0 spiro atoms. The quantitative estimate of drug-likeness (QED) is 0.833. The van der Waals surface area contributed by atoms with Crippen LogP contribution in [-0.4, -0.2) is 13.0 Å². The van der Waals surface area contributed by atoms with Crippen LogP contribution < -0.4 is 10.1 Å². The first kappa shape index (κ1) is 12.6. The molecule has 0 radical (unpaired) electrons. The van der Waals surface area contributed by atoms with Gasteiger partial charge in [0, 0.05) is 5.41 Å². The Morgan fingerprint density at radius 3 is 2.44 bits per heavy atom. The zero-order valence-corrected chi connectivity index (χ0v) is 10.5. The predicted octanol–water partition coefficient (Wildman–Crippen LogP) is 2.99. The summed E-state index contributed by atoms with van der Waals surface area (Å²) in [5, 5.41) is 2.91. The van der Waals surface area contributed by atoms with Crippen LogP contribution in [0.15, 0.2) is 18.2 Å². The summed E-state index contributed by atoms with van der Waals surface area (Å²) in [7, 11) is 1.60. The van der Waals surface area contributed by atoms with Crippen molar-refractivity contribution in [3.05, 3.63) is 23.8 Å². The number of nitrogens with one attached hydrogen (secondary N) is 1. The number of methoxy groups -OCH3 is 1. The maximum absolute atomic E-state index is 11.9. The van der Waals surface area contributed by atoms with Gasteiger partial charge in [0.2, 0.25) is 5.91 Å². The van der Waals surface area contributed by atoms with E-state index < -0.39 is 5.41 Å². The van der Waals surface area contributed by atoms with Crippen molar-refractivity contribution in [1.29, 1.82) is 0 Å². The number of carbonyl (C=O) groups is 1. The first-order valence-electron chi connectivity index (χ1n) is 5.31. The van der Waals surface area contributed by atoms with Crippen LogP contribution in [0.2, 0.25) is 0 Å². The van der Waals surface area contributed by atoms with E-state index in [2.05, 4.69) is 5.32 Å². The van der Waals surface area contributed by atoms with E-state index in [9.17, 15) is 4.79 Å². The first-order valence-corrected chi connectivity index (χ1v) is 5.31. The molecule has 0 saturated carbocycles. The van der Waals surface area contributed by atoms with Gasteiger partial charge in [-0.25, -0.2) is 0 Å². The summed E-state index contributed by atoms with van der Waals surface area (Å²) in [6.45, 7) is 7.59. The van der Waals surface area contributed by atoms with Gasteiger partial charge in [0.05, 0.1) is 12.8 Å². The van der Waals surface area contributed by atoms with E-state index in [0.717, 1.165) is 11.3 Å². The summed E-state index contributed by atoms with van der Waals surface area (Å²) in [4.78, 5) is 11.9. The number of ether oxygens (including phenoxy) is 1. The Labute approximate surface area is 96.8 Å². The maximum Gasteiger partial charge on any atom is 0.229 e. The highest BCUT2D eigenvalue weighted by Crippen LogP contribution is 2.29. The van der Waals surface area contributed by atoms with Gasteiger partial charge in [-0.05, 0) is 18.6 Å². The first-order chi connectivity index (χ1) is 7.36. The molecule has 0 saturated heterocycles. The van der Waals surface area contributed by atoms with Crippen molar-refractivity contribution in [3.63, 3.8) is 0 Å². The summed E-state index contributed by atoms with van der Waals surface area (Å²) >= 11 is 0. The number of anilines is 1. The fourth-order valence-corrected chi connectivity index (χ4v) is 1.27. The van der Waals surface area contributed by atoms with Gasteiger partial charge in [-0.2, -0.15) is 0 Å². The average Bonchev–Trinajstić information content (AvgIpc) is 2.19. The number of hydrogen-bond donors (Lipinski definition) is 1. The van der Waals surface area contributed by atoms with Crippen molar-refractivity contribution in [2.75, 3.05) is 12.4 Å². The smallest absolute Gasteiger partial charge is 0.229 e. The molecule has 1 rings (SSSR count). The lowest BCUT2D eigenvalue weighted by molar-refractivity contribution is -0.123. The molecule has 3 nitrogen and oxygen atoms in total. The fourth-order valence-electron chi connectivity index (χ4n) is 1.27. The summed E-state index contributed by atoms with van der Waals surface area (Å²) < 4.78 is 5.22. The molecule has 1 aromatic rings. The standard InChI is InChI=1S/C13H19NO2/c1-9-7-6-8-10(16-5)11(9)14-12(15)13(2,3)4/h6-8H,1-5H3,(H,14,15).